The van der Waals surface area contributed by atoms with Crippen molar-refractivity contribution in [1.82, 2.24) is 0 Å². The van der Waals surface area contributed by atoms with Gasteiger partial charge in [-0.1, -0.05) is 25.5 Å². The van der Waals surface area contributed by atoms with Crippen LogP contribution in [0.2, 0.25) is 0 Å². The van der Waals surface area contributed by atoms with Gasteiger partial charge in [-0.15, -0.1) is 0 Å². The number of carbonyl (C=O) groups is 1. The van der Waals surface area contributed by atoms with Gasteiger partial charge in [0.1, 0.15) is 0 Å². The van der Waals surface area contributed by atoms with Crippen LogP contribution < -0.4 is 0 Å². The number of rotatable bonds is 12. The highest BCUT2D eigenvalue weighted by molar-refractivity contribution is 7.09. The monoisotopic (exact) mass is 364 g/mol. The first-order chi connectivity index (χ1) is 11.5. The molecule has 24 heavy (non-hydrogen) atoms. The van der Waals surface area contributed by atoms with Crippen LogP contribution in [0, 0.1) is 11.8 Å². The van der Waals surface area contributed by atoms with E-state index in [9.17, 15) is 15.0 Å². The predicted octanol–water partition coefficient (Wildman–Crippen LogP) is 3.55. The van der Waals surface area contributed by atoms with Crippen LogP contribution in [0.15, 0.2) is 12.2 Å². The third-order valence-electron chi connectivity index (χ3n) is 4.98. The molecule has 0 radical (unpaired) electrons. The molecular formula is C18H35O5P. The van der Waals surface area contributed by atoms with Crippen molar-refractivity contribution >= 4 is 15.4 Å². The van der Waals surface area contributed by atoms with Gasteiger partial charge in [-0.25, -0.2) is 0 Å². The molecule has 0 bridgehead atoms. The molecule has 0 heterocycles. The third-order valence-corrected chi connectivity index (χ3v) is 5.37. The van der Waals surface area contributed by atoms with E-state index in [1.54, 1.807) is 0 Å². The number of aliphatic carboxylic acids is 1. The smallest absolute Gasteiger partial charge is 0.303 e. The van der Waals surface area contributed by atoms with Gasteiger partial charge in [0.05, 0.1) is 18.3 Å². The summed E-state index contributed by atoms with van der Waals surface area (Å²) < 4.78 is 5.40. The zero-order valence-corrected chi connectivity index (χ0v) is 15.8. The zero-order chi connectivity index (χ0) is 17.9. The van der Waals surface area contributed by atoms with E-state index < -0.39 is 18.2 Å². The summed E-state index contributed by atoms with van der Waals surface area (Å²) >= 11 is 0. The molecule has 0 saturated heterocycles. The Morgan fingerprint density at radius 3 is 2.62 bits per heavy atom. The van der Waals surface area contributed by atoms with Crippen LogP contribution in [0.4, 0.5) is 0 Å². The van der Waals surface area contributed by atoms with Crippen LogP contribution >= 0.6 is 9.47 Å². The summed E-state index contributed by atoms with van der Waals surface area (Å²) in [6, 6.07) is 0. The third kappa shape index (κ3) is 7.60. The Hall–Kier alpha value is -0.480. The molecule has 1 rings (SSSR count). The standard InChI is InChI=1S/C18H33O5P.H2/c1-2-7-13(23-24)10-11-15-14(16(19)12-17(15)20)8-5-3-4-6-9-18(21)22;/h3,5,13-17,19-20H,2,4,6-12,24H2,1H3,(H,21,22);1H/b5-3-;/t13-,14+,15+,16-,17+;/m0./s1/i;1+2. The molecule has 6 heteroatoms. The number of hydrogen-bond donors (Lipinski definition) is 3. The van der Waals surface area contributed by atoms with Crippen molar-refractivity contribution in [3.05, 3.63) is 12.2 Å². The van der Waals surface area contributed by atoms with Gasteiger partial charge in [0.25, 0.3) is 0 Å². The highest BCUT2D eigenvalue weighted by atomic mass is 31.0. The van der Waals surface area contributed by atoms with Crippen LogP contribution in [0.3, 0.4) is 0 Å². The summed E-state index contributed by atoms with van der Waals surface area (Å²) in [7, 11) is 2.33. The molecular weight excluding hydrogens is 327 g/mol. The molecule has 0 aromatic carbocycles. The van der Waals surface area contributed by atoms with Crippen LogP contribution in [0.1, 0.15) is 66.1 Å². The van der Waals surface area contributed by atoms with Crippen LogP contribution in [0.5, 0.6) is 0 Å². The number of hydrogen-bond acceptors (Lipinski definition) is 4. The van der Waals surface area contributed by atoms with Gasteiger partial charge in [0, 0.05) is 17.3 Å². The Bertz CT molecular complexity index is 394. The Kier molecular flexibility index (Phi) is 10.8. The minimum absolute atomic E-state index is 0. The second kappa shape index (κ2) is 12.0. The summed E-state index contributed by atoms with van der Waals surface area (Å²) in [5, 5.41) is 29.1. The highest BCUT2D eigenvalue weighted by Gasteiger charge is 2.40. The van der Waals surface area contributed by atoms with Gasteiger partial charge in [-0.05, 0) is 56.8 Å². The lowest BCUT2D eigenvalue weighted by Crippen LogP contribution is -2.23. The Morgan fingerprint density at radius 2 is 2.00 bits per heavy atom. The molecule has 1 fully saturated rings. The van der Waals surface area contributed by atoms with Crippen molar-refractivity contribution < 1.29 is 26.1 Å². The minimum Gasteiger partial charge on any atom is -0.481 e. The van der Waals surface area contributed by atoms with E-state index in [1.165, 1.54) is 0 Å². The lowest BCUT2D eigenvalue weighted by atomic mass is 9.86. The first-order valence-electron chi connectivity index (χ1n) is 9.08. The molecule has 142 valence electrons. The van der Waals surface area contributed by atoms with Gasteiger partial charge in [-0.2, -0.15) is 0 Å². The lowest BCUT2D eigenvalue weighted by molar-refractivity contribution is -0.137. The maximum atomic E-state index is 10.5. The topological polar surface area (TPSA) is 87.0 Å². The van der Waals surface area contributed by atoms with Crippen molar-refractivity contribution in [1.29, 1.82) is 0 Å². The fourth-order valence-electron chi connectivity index (χ4n) is 3.63. The van der Waals surface area contributed by atoms with Crippen molar-refractivity contribution in [3.63, 3.8) is 0 Å². The van der Waals surface area contributed by atoms with Crippen LogP contribution in [-0.4, -0.2) is 39.6 Å². The first-order valence-corrected chi connectivity index (χ1v) is 9.55. The van der Waals surface area contributed by atoms with Gasteiger partial charge in [0.2, 0.25) is 0 Å². The van der Waals surface area contributed by atoms with Gasteiger partial charge in [-0.3, -0.25) is 4.79 Å². The van der Waals surface area contributed by atoms with Crippen molar-refractivity contribution in [2.75, 3.05) is 0 Å². The van der Waals surface area contributed by atoms with Crippen molar-refractivity contribution in [2.24, 2.45) is 11.8 Å². The number of aliphatic hydroxyl groups is 2. The Morgan fingerprint density at radius 1 is 1.29 bits per heavy atom. The molecule has 0 spiro atoms. The summed E-state index contributed by atoms with van der Waals surface area (Å²) in [6.45, 7) is 2.13. The van der Waals surface area contributed by atoms with Gasteiger partial charge in [0.15, 0.2) is 0 Å². The van der Waals surface area contributed by atoms with Crippen LogP contribution in [-0.2, 0) is 9.32 Å². The normalized spacial score (nSPS) is 28.5. The Balaban J connectivity index is 0.00000576. The van der Waals surface area contributed by atoms with E-state index >= 15 is 0 Å². The second-order valence-electron chi connectivity index (χ2n) is 6.82. The average Bonchev–Trinajstić information content (AvgIpc) is 2.80. The van der Waals surface area contributed by atoms with E-state index in [2.05, 4.69) is 16.4 Å². The number of aliphatic hydroxyl groups excluding tert-OH is 2. The number of unbranched alkanes of at least 4 members (excludes halogenated alkanes) is 1. The highest BCUT2D eigenvalue weighted by Crippen LogP contribution is 2.38. The van der Waals surface area contributed by atoms with E-state index in [0.29, 0.717) is 12.8 Å². The van der Waals surface area contributed by atoms with E-state index in [4.69, 9.17) is 9.63 Å². The molecule has 3 N–H and O–H groups in total. The number of allylic oxidation sites excluding steroid dienone is 2. The summed E-state index contributed by atoms with van der Waals surface area (Å²) in [5.41, 5.74) is 0. The molecule has 0 amide bonds. The molecule has 1 saturated carbocycles. The number of carboxylic acid groups (broad SMARTS) is 1. The summed E-state index contributed by atoms with van der Waals surface area (Å²) in [5.74, 6) is -0.596. The second-order valence-corrected chi connectivity index (χ2v) is 7.09. The molecule has 0 aliphatic heterocycles. The summed E-state index contributed by atoms with van der Waals surface area (Å²) in [6.07, 6.45) is 9.85. The average molecular weight is 364 g/mol. The Labute approximate surface area is 149 Å². The predicted molar refractivity (Wildman–Crippen MR) is 99.7 cm³/mol. The van der Waals surface area contributed by atoms with Gasteiger partial charge < -0.3 is 19.8 Å². The first kappa shape index (κ1) is 21.6. The van der Waals surface area contributed by atoms with Gasteiger partial charge >= 0.3 is 5.97 Å². The van der Waals surface area contributed by atoms with Crippen molar-refractivity contribution in [2.45, 2.75) is 83.0 Å². The molecule has 1 aliphatic carbocycles. The quantitative estimate of drug-likeness (QED) is 0.280. The number of carboxylic acids is 1. The largest absolute Gasteiger partial charge is 0.481 e. The van der Waals surface area contributed by atoms with Crippen LogP contribution in [0.25, 0.3) is 0 Å². The van der Waals surface area contributed by atoms with Crippen molar-refractivity contribution in [3.8, 4) is 0 Å². The molecule has 6 atom stereocenters. The van der Waals surface area contributed by atoms with E-state index in [0.717, 1.165) is 38.5 Å². The zero-order valence-electron chi connectivity index (χ0n) is 14.6. The van der Waals surface area contributed by atoms with E-state index in [1.807, 2.05) is 12.2 Å². The minimum atomic E-state index is -0.768. The fraction of sp³-hybridized carbons (Fsp3) is 0.833. The molecule has 0 aromatic rings. The molecule has 0 aromatic heterocycles. The SMILES string of the molecule is CCC[C@@H](CC[C@@H]1[C@@H](C/C=C\CCCC(=O)O)[C@@H](O)C[C@H]1O)OP.[3HH]. The molecule has 5 nitrogen and oxygen atoms in total. The summed E-state index contributed by atoms with van der Waals surface area (Å²) in [4.78, 5) is 10.5. The fourth-order valence-corrected chi connectivity index (χ4v) is 3.90. The molecule has 1 aliphatic rings. The lowest BCUT2D eigenvalue weighted by Gasteiger charge is -2.24. The molecule has 1 unspecified atom stereocenters. The maximum absolute atomic E-state index is 10.5. The van der Waals surface area contributed by atoms with E-state index in [-0.39, 0.29) is 25.8 Å². The maximum Gasteiger partial charge on any atom is 0.303 e.